The molecule has 2 rings (SSSR count). The Labute approximate surface area is 123 Å². The van der Waals surface area contributed by atoms with Gasteiger partial charge in [-0.3, -0.25) is 9.78 Å². The van der Waals surface area contributed by atoms with Crippen LogP contribution in [0.4, 0.5) is 5.69 Å². The van der Waals surface area contributed by atoms with Gasteiger partial charge < -0.3 is 10.2 Å². The maximum Gasteiger partial charge on any atom is 0.256 e. The van der Waals surface area contributed by atoms with Crippen LogP contribution in [0.1, 0.15) is 15.9 Å². The molecule has 0 aliphatic heterocycles. The summed E-state index contributed by atoms with van der Waals surface area (Å²) in [6.07, 6.45) is 3.46. The maximum absolute atomic E-state index is 12.5. The van der Waals surface area contributed by atoms with Crippen molar-refractivity contribution in [2.24, 2.45) is 0 Å². The monoisotopic (exact) mass is 289 g/mol. The first-order chi connectivity index (χ1) is 9.61. The third-order valence-electron chi connectivity index (χ3n) is 2.97. The van der Waals surface area contributed by atoms with Crippen molar-refractivity contribution in [3.8, 4) is 0 Å². The average Bonchev–Trinajstić information content (AvgIpc) is 2.47. The van der Waals surface area contributed by atoms with Crippen LogP contribution in [0.3, 0.4) is 0 Å². The summed E-state index contributed by atoms with van der Waals surface area (Å²) in [4.78, 5) is 18.2. The van der Waals surface area contributed by atoms with Gasteiger partial charge >= 0.3 is 0 Å². The van der Waals surface area contributed by atoms with Gasteiger partial charge in [0.05, 0.1) is 5.56 Å². The van der Waals surface area contributed by atoms with Gasteiger partial charge in [0.1, 0.15) is 0 Å². The van der Waals surface area contributed by atoms with Crippen molar-refractivity contribution in [3.05, 3.63) is 58.9 Å². The molecule has 0 fully saturated rings. The number of halogens is 1. The SMILES string of the molecule is CNc1ccc(Cl)cc1C(=O)N(C)Cc1cccnc1. The zero-order valence-corrected chi connectivity index (χ0v) is 12.2. The van der Waals surface area contributed by atoms with E-state index in [1.165, 1.54) is 0 Å². The fourth-order valence-electron chi connectivity index (χ4n) is 1.95. The van der Waals surface area contributed by atoms with Crippen molar-refractivity contribution < 1.29 is 4.79 Å². The second kappa shape index (κ2) is 6.39. The van der Waals surface area contributed by atoms with E-state index in [-0.39, 0.29) is 5.91 Å². The highest BCUT2D eigenvalue weighted by Crippen LogP contribution is 2.22. The number of hydrogen-bond acceptors (Lipinski definition) is 3. The Kier molecular flexibility index (Phi) is 4.58. The maximum atomic E-state index is 12.5. The minimum atomic E-state index is -0.0827. The second-order valence-corrected chi connectivity index (χ2v) is 4.90. The summed E-state index contributed by atoms with van der Waals surface area (Å²) in [5.41, 5.74) is 2.31. The second-order valence-electron chi connectivity index (χ2n) is 4.46. The van der Waals surface area contributed by atoms with Crippen LogP contribution >= 0.6 is 11.6 Å². The van der Waals surface area contributed by atoms with Gasteiger partial charge in [-0.2, -0.15) is 0 Å². The molecule has 1 N–H and O–H groups in total. The third kappa shape index (κ3) is 3.27. The van der Waals surface area contributed by atoms with Crippen LogP contribution in [-0.2, 0) is 6.54 Å². The fraction of sp³-hybridized carbons (Fsp3) is 0.200. The van der Waals surface area contributed by atoms with Gasteiger partial charge in [-0.1, -0.05) is 17.7 Å². The summed E-state index contributed by atoms with van der Waals surface area (Å²) in [5, 5.41) is 3.55. The van der Waals surface area contributed by atoms with Crippen LogP contribution in [0.2, 0.25) is 5.02 Å². The Bertz CT molecular complexity index is 601. The molecule has 4 nitrogen and oxygen atoms in total. The number of anilines is 1. The summed E-state index contributed by atoms with van der Waals surface area (Å²) >= 11 is 5.97. The number of rotatable bonds is 4. The summed E-state index contributed by atoms with van der Waals surface area (Å²) in [7, 11) is 3.54. The van der Waals surface area contributed by atoms with Crippen LogP contribution < -0.4 is 5.32 Å². The minimum absolute atomic E-state index is 0.0827. The number of nitrogens with one attached hydrogen (secondary N) is 1. The van der Waals surface area contributed by atoms with E-state index in [9.17, 15) is 4.79 Å². The molecule has 0 aliphatic rings. The van der Waals surface area contributed by atoms with Crippen LogP contribution in [0.15, 0.2) is 42.7 Å². The quantitative estimate of drug-likeness (QED) is 0.941. The largest absolute Gasteiger partial charge is 0.387 e. The van der Waals surface area contributed by atoms with Gasteiger partial charge in [0.15, 0.2) is 0 Å². The lowest BCUT2D eigenvalue weighted by molar-refractivity contribution is 0.0786. The van der Waals surface area contributed by atoms with E-state index < -0.39 is 0 Å². The normalized spacial score (nSPS) is 10.2. The number of nitrogens with zero attached hydrogens (tertiary/aromatic N) is 2. The van der Waals surface area contributed by atoms with Crippen LogP contribution in [0.5, 0.6) is 0 Å². The number of carbonyl (C=O) groups is 1. The molecule has 1 aromatic carbocycles. The Morgan fingerprint density at radius 3 is 2.85 bits per heavy atom. The molecule has 0 saturated carbocycles. The van der Waals surface area contributed by atoms with E-state index in [2.05, 4.69) is 10.3 Å². The Morgan fingerprint density at radius 1 is 1.40 bits per heavy atom. The van der Waals surface area contributed by atoms with E-state index in [1.807, 2.05) is 12.1 Å². The number of carbonyl (C=O) groups excluding carboxylic acids is 1. The van der Waals surface area contributed by atoms with Crippen molar-refractivity contribution >= 4 is 23.2 Å². The Balaban J connectivity index is 2.20. The molecule has 0 unspecified atom stereocenters. The van der Waals surface area contributed by atoms with E-state index in [4.69, 9.17) is 11.6 Å². The number of pyridine rings is 1. The highest BCUT2D eigenvalue weighted by molar-refractivity contribution is 6.31. The molecule has 104 valence electrons. The van der Waals surface area contributed by atoms with Gasteiger partial charge in [-0.05, 0) is 29.8 Å². The van der Waals surface area contributed by atoms with E-state index in [1.54, 1.807) is 49.6 Å². The molecule has 0 spiro atoms. The summed E-state index contributed by atoms with van der Waals surface area (Å²) < 4.78 is 0. The first-order valence-electron chi connectivity index (χ1n) is 6.23. The topological polar surface area (TPSA) is 45.2 Å². The Hall–Kier alpha value is -2.07. The van der Waals surface area contributed by atoms with Crippen LogP contribution in [0, 0.1) is 0 Å². The summed E-state index contributed by atoms with van der Waals surface area (Å²) in [6.45, 7) is 0.502. The molecule has 2 aromatic rings. The first-order valence-corrected chi connectivity index (χ1v) is 6.61. The molecular formula is C15H16ClN3O. The first kappa shape index (κ1) is 14.3. The minimum Gasteiger partial charge on any atom is -0.387 e. The van der Waals surface area contributed by atoms with Crippen molar-refractivity contribution in [2.75, 3.05) is 19.4 Å². The number of benzene rings is 1. The molecular weight excluding hydrogens is 274 g/mol. The molecule has 1 aromatic heterocycles. The number of amides is 1. The molecule has 1 amide bonds. The van der Waals surface area contributed by atoms with Crippen LogP contribution in [0.25, 0.3) is 0 Å². The summed E-state index contributed by atoms with van der Waals surface area (Å²) in [5.74, 6) is -0.0827. The molecule has 0 radical (unpaired) electrons. The van der Waals surface area contributed by atoms with Crippen molar-refractivity contribution in [1.82, 2.24) is 9.88 Å². The number of hydrogen-bond donors (Lipinski definition) is 1. The van der Waals surface area contributed by atoms with Gasteiger partial charge in [0, 0.05) is 43.7 Å². The van der Waals surface area contributed by atoms with Crippen molar-refractivity contribution in [3.63, 3.8) is 0 Å². The highest BCUT2D eigenvalue weighted by atomic mass is 35.5. The molecule has 0 atom stereocenters. The van der Waals surface area contributed by atoms with Gasteiger partial charge in [0.2, 0.25) is 0 Å². The lowest BCUT2D eigenvalue weighted by Crippen LogP contribution is -2.27. The van der Waals surface area contributed by atoms with Crippen LogP contribution in [-0.4, -0.2) is 29.9 Å². The number of aromatic nitrogens is 1. The molecule has 20 heavy (non-hydrogen) atoms. The summed E-state index contributed by atoms with van der Waals surface area (Å²) in [6, 6.07) is 9.02. The molecule has 0 aliphatic carbocycles. The third-order valence-corrected chi connectivity index (χ3v) is 3.21. The predicted octanol–water partition coefficient (Wildman–Crippen LogP) is 3.05. The predicted molar refractivity (Wildman–Crippen MR) is 81.0 cm³/mol. The highest BCUT2D eigenvalue weighted by Gasteiger charge is 2.16. The lowest BCUT2D eigenvalue weighted by atomic mass is 10.1. The average molecular weight is 290 g/mol. The van der Waals surface area contributed by atoms with Crippen molar-refractivity contribution in [1.29, 1.82) is 0 Å². The van der Waals surface area contributed by atoms with E-state index >= 15 is 0 Å². The molecule has 1 heterocycles. The van der Waals surface area contributed by atoms with Crippen molar-refractivity contribution in [2.45, 2.75) is 6.54 Å². The fourth-order valence-corrected chi connectivity index (χ4v) is 2.13. The smallest absolute Gasteiger partial charge is 0.256 e. The van der Waals surface area contributed by atoms with E-state index in [0.29, 0.717) is 17.1 Å². The molecule has 0 saturated heterocycles. The van der Waals surface area contributed by atoms with Gasteiger partial charge in [-0.15, -0.1) is 0 Å². The zero-order valence-electron chi connectivity index (χ0n) is 11.4. The van der Waals surface area contributed by atoms with E-state index in [0.717, 1.165) is 11.3 Å². The zero-order chi connectivity index (χ0) is 14.5. The standard InChI is InChI=1S/C15H16ClN3O/c1-17-14-6-5-12(16)8-13(14)15(20)19(2)10-11-4-3-7-18-9-11/h3-9,17H,10H2,1-2H3. The Morgan fingerprint density at radius 2 is 2.20 bits per heavy atom. The molecule has 5 heteroatoms. The lowest BCUT2D eigenvalue weighted by Gasteiger charge is -2.19. The van der Waals surface area contributed by atoms with Gasteiger partial charge in [0.25, 0.3) is 5.91 Å². The molecule has 0 bridgehead atoms. The van der Waals surface area contributed by atoms with Gasteiger partial charge in [-0.25, -0.2) is 0 Å².